The molecule has 0 fully saturated rings. The van der Waals surface area contributed by atoms with Crippen LogP contribution < -0.4 is 5.32 Å². The van der Waals surface area contributed by atoms with E-state index >= 15 is 0 Å². The second kappa shape index (κ2) is 3.70. The molecule has 1 rings (SSSR count). The van der Waals surface area contributed by atoms with Crippen molar-refractivity contribution >= 4 is 34.0 Å². The van der Waals surface area contributed by atoms with Crippen molar-refractivity contribution in [1.82, 2.24) is 0 Å². The number of nitrogens with one attached hydrogen (secondary N) is 1. The van der Waals surface area contributed by atoms with Crippen molar-refractivity contribution < 1.29 is 4.92 Å². The summed E-state index contributed by atoms with van der Waals surface area (Å²) in [4.78, 5) is 10.00. The Morgan fingerprint density at radius 3 is 2.67 bits per heavy atom. The summed E-state index contributed by atoms with van der Waals surface area (Å²) < 4.78 is 0.853. The molecule has 0 aliphatic heterocycles. The summed E-state index contributed by atoms with van der Waals surface area (Å²) in [5.74, 6) is 0. The van der Waals surface area contributed by atoms with E-state index in [9.17, 15) is 10.1 Å². The highest BCUT2D eigenvalue weighted by molar-refractivity contribution is 14.1. The molecule has 0 bridgehead atoms. The van der Waals surface area contributed by atoms with Crippen molar-refractivity contribution in [2.24, 2.45) is 0 Å². The molecule has 1 N–H and O–H groups in total. The average molecular weight is 278 g/mol. The van der Waals surface area contributed by atoms with E-state index < -0.39 is 4.92 Å². The number of non-ortho nitro benzene ring substituents is 1. The highest BCUT2D eigenvalue weighted by Crippen LogP contribution is 2.21. The van der Waals surface area contributed by atoms with Gasteiger partial charge in [0.1, 0.15) is 0 Å². The van der Waals surface area contributed by atoms with E-state index in [1.165, 1.54) is 12.1 Å². The molecule has 0 aliphatic carbocycles. The Labute approximate surface area is 83.3 Å². The van der Waals surface area contributed by atoms with Crippen LogP contribution in [0.2, 0.25) is 0 Å². The second-order valence-corrected chi connectivity index (χ2v) is 3.45. The standard InChI is InChI=1S/C7H7IN2O2/c1-9-6-2-5(8)3-7(4-6)10(11)12/h2-4,9H,1H3. The Kier molecular flexibility index (Phi) is 2.85. The zero-order valence-corrected chi connectivity index (χ0v) is 8.53. The molecule has 0 aliphatic rings. The van der Waals surface area contributed by atoms with E-state index in [2.05, 4.69) is 5.32 Å². The number of nitro groups is 1. The lowest BCUT2D eigenvalue weighted by Gasteiger charge is -1.99. The first-order valence-electron chi connectivity index (χ1n) is 3.26. The minimum absolute atomic E-state index is 0.117. The number of nitro benzene ring substituents is 1. The van der Waals surface area contributed by atoms with Gasteiger partial charge in [0.15, 0.2) is 0 Å². The normalized spacial score (nSPS) is 9.50. The van der Waals surface area contributed by atoms with Gasteiger partial charge in [-0.05, 0) is 28.7 Å². The molecule has 0 saturated carbocycles. The predicted octanol–water partition coefficient (Wildman–Crippen LogP) is 2.24. The lowest BCUT2D eigenvalue weighted by Crippen LogP contribution is -1.93. The van der Waals surface area contributed by atoms with Crippen molar-refractivity contribution in [2.75, 3.05) is 12.4 Å². The molecule has 0 spiro atoms. The van der Waals surface area contributed by atoms with E-state index in [1.807, 2.05) is 28.7 Å². The van der Waals surface area contributed by atoms with Gasteiger partial charge in [-0.3, -0.25) is 10.1 Å². The van der Waals surface area contributed by atoms with Crippen LogP contribution in [0.1, 0.15) is 0 Å². The molecule has 4 nitrogen and oxygen atoms in total. The Morgan fingerprint density at radius 1 is 1.50 bits per heavy atom. The smallest absolute Gasteiger partial charge is 0.272 e. The summed E-state index contributed by atoms with van der Waals surface area (Å²) in [7, 11) is 1.73. The van der Waals surface area contributed by atoms with Crippen LogP contribution in [-0.2, 0) is 0 Å². The monoisotopic (exact) mass is 278 g/mol. The Morgan fingerprint density at radius 2 is 2.17 bits per heavy atom. The molecular weight excluding hydrogens is 271 g/mol. The van der Waals surface area contributed by atoms with Crippen molar-refractivity contribution in [3.63, 3.8) is 0 Å². The zero-order valence-electron chi connectivity index (χ0n) is 6.37. The van der Waals surface area contributed by atoms with Gasteiger partial charge in [0.05, 0.1) is 4.92 Å². The molecule has 0 aromatic heterocycles. The third-order valence-electron chi connectivity index (χ3n) is 1.38. The van der Waals surface area contributed by atoms with E-state index in [-0.39, 0.29) is 5.69 Å². The Hall–Kier alpha value is -0.850. The first-order valence-corrected chi connectivity index (χ1v) is 4.34. The number of halogens is 1. The van der Waals surface area contributed by atoms with Crippen LogP contribution in [0.5, 0.6) is 0 Å². The molecule has 1 aromatic rings. The zero-order chi connectivity index (χ0) is 9.14. The summed E-state index contributed by atoms with van der Waals surface area (Å²) in [6.45, 7) is 0. The Balaban J connectivity index is 3.15. The quantitative estimate of drug-likeness (QED) is 0.512. The highest BCUT2D eigenvalue weighted by atomic mass is 127. The minimum atomic E-state index is -0.400. The molecule has 0 heterocycles. The maximum atomic E-state index is 10.4. The maximum absolute atomic E-state index is 10.4. The molecule has 0 atom stereocenters. The molecule has 1 aromatic carbocycles. The van der Waals surface area contributed by atoms with Gasteiger partial charge in [0.2, 0.25) is 0 Å². The van der Waals surface area contributed by atoms with E-state index in [0.29, 0.717) is 0 Å². The molecule has 0 unspecified atom stereocenters. The number of nitrogens with zero attached hydrogens (tertiary/aromatic N) is 1. The van der Waals surface area contributed by atoms with Gasteiger partial charge in [0.25, 0.3) is 5.69 Å². The lowest BCUT2D eigenvalue weighted by atomic mass is 10.3. The molecule has 5 heteroatoms. The van der Waals surface area contributed by atoms with Crippen LogP contribution in [0.3, 0.4) is 0 Å². The minimum Gasteiger partial charge on any atom is -0.388 e. The maximum Gasteiger partial charge on any atom is 0.272 e. The van der Waals surface area contributed by atoms with Crippen LogP contribution in [0.15, 0.2) is 18.2 Å². The summed E-state index contributed by atoms with van der Waals surface area (Å²) in [5.41, 5.74) is 0.875. The second-order valence-electron chi connectivity index (χ2n) is 2.21. The van der Waals surface area contributed by atoms with E-state index in [4.69, 9.17) is 0 Å². The van der Waals surface area contributed by atoms with Gasteiger partial charge >= 0.3 is 0 Å². The van der Waals surface area contributed by atoms with Gasteiger partial charge in [-0.25, -0.2) is 0 Å². The number of hydrogen-bond donors (Lipinski definition) is 1. The molecule has 0 radical (unpaired) electrons. The van der Waals surface area contributed by atoms with Crippen LogP contribution in [0.4, 0.5) is 11.4 Å². The predicted molar refractivity (Wildman–Crippen MR) is 55.4 cm³/mol. The number of benzene rings is 1. The highest BCUT2D eigenvalue weighted by Gasteiger charge is 2.06. The number of hydrogen-bond acceptors (Lipinski definition) is 3. The Bertz CT molecular complexity index is 314. The van der Waals surface area contributed by atoms with Crippen molar-refractivity contribution in [2.45, 2.75) is 0 Å². The number of anilines is 1. The van der Waals surface area contributed by atoms with Gasteiger partial charge in [0, 0.05) is 28.4 Å². The SMILES string of the molecule is CNc1cc(I)cc([N+](=O)[O-])c1. The molecular formula is C7H7IN2O2. The molecule has 64 valence electrons. The average Bonchev–Trinajstić information content (AvgIpc) is 2.03. The third-order valence-corrected chi connectivity index (χ3v) is 2.00. The summed E-state index contributed by atoms with van der Waals surface area (Å²) in [6.07, 6.45) is 0. The van der Waals surface area contributed by atoms with Crippen LogP contribution in [-0.4, -0.2) is 12.0 Å². The van der Waals surface area contributed by atoms with Crippen LogP contribution in [0.25, 0.3) is 0 Å². The molecule has 0 saturated heterocycles. The first-order chi connectivity index (χ1) is 5.63. The summed E-state index contributed by atoms with van der Waals surface area (Å²) >= 11 is 2.04. The fourth-order valence-electron chi connectivity index (χ4n) is 0.824. The van der Waals surface area contributed by atoms with Gasteiger partial charge in [-0.2, -0.15) is 0 Å². The van der Waals surface area contributed by atoms with Crippen molar-refractivity contribution in [3.05, 3.63) is 31.9 Å². The summed E-state index contributed by atoms with van der Waals surface area (Å²) in [5, 5.41) is 13.2. The van der Waals surface area contributed by atoms with Crippen molar-refractivity contribution in [3.8, 4) is 0 Å². The van der Waals surface area contributed by atoms with Gasteiger partial charge in [-0.1, -0.05) is 0 Å². The van der Waals surface area contributed by atoms with Crippen LogP contribution in [0, 0.1) is 13.7 Å². The topological polar surface area (TPSA) is 55.2 Å². The van der Waals surface area contributed by atoms with E-state index in [0.717, 1.165) is 9.26 Å². The van der Waals surface area contributed by atoms with E-state index in [1.54, 1.807) is 7.05 Å². The fraction of sp³-hybridized carbons (Fsp3) is 0.143. The number of rotatable bonds is 2. The summed E-state index contributed by atoms with van der Waals surface area (Å²) in [6, 6.07) is 4.87. The molecule has 12 heavy (non-hydrogen) atoms. The fourth-order valence-corrected chi connectivity index (χ4v) is 1.48. The largest absolute Gasteiger partial charge is 0.388 e. The van der Waals surface area contributed by atoms with Crippen LogP contribution >= 0.6 is 22.6 Å². The first kappa shape index (κ1) is 9.24. The third kappa shape index (κ3) is 2.07. The molecule has 0 amide bonds. The van der Waals surface area contributed by atoms with Crippen molar-refractivity contribution in [1.29, 1.82) is 0 Å². The van der Waals surface area contributed by atoms with Gasteiger partial charge in [-0.15, -0.1) is 0 Å². The van der Waals surface area contributed by atoms with Gasteiger partial charge < -0.3 is 5.32 Å². The lowest BCUT2D eigenvalue weighted by molar-refractivity contribution is -0.384.